The highest BCUT2D eigenvalue weighted by Crippen LogP contribution is 2.31. The number of hydrogen-bond donors (Lipinski definition) is 1. The molecule has 0 bridgehead atoms. The first-order valence-electron chi connectivity index (χ1n) is 9.81. The van der Waals surface area contributed by atoms with Crippen LogP contribution in [0.4, 0.5) is 0 Å². The van der Waals surface area contributed by atoms with Gasteiger partial charge in [-0.15, -0.1) is 11.3 Å². The second kappa shape index (κ2) is 8.07. The first-order chi connectivity index (χ1) is 12.3. The van der Waals surface area contributed by atoms with Gasteiger partial charge in [-0.25, -0.2) is 4.98 Å². The summed E-state index contributed by atoms with van der Waals surface area (Å²) >= 11 is 1.70. The summed E-state index contributed by atoms with van der Waals surface area (Å²) in [5.74, 6) is 1.08. The van der Waals surface area contributed by atoms with Crippen molar-refractivity contribution in [3.05, 3.63) is 16.1 Å². The molecule has 144 valence electrons. The van der Waals surface area contributed by atoms with Gasteiger partial charge < -0.3 is 10.2 Å². The first kappa shape index (κ1) is 19.3. The van der Waals surface area contributed by atoms with Crippen molar-refractivity contribution in [1.82, 2.24) is 15.2 Å². The number of hydrogen-bond acceptors (Lipinski definition) is 4. The average Bonchev–Trinajstić information content (AvgIpc) is 3.33. The Morgan fingerprint density at radius 3 is 2.77 bits per heavy atom. The molecule has 5 nitrogen and oxygen atoms in total. The van der Waals surface area contributed by atoms with Gasteiger partial charge in [0.1, 0.15) is 0 Å². The monoisotopic (exact) mass is 377 g/mol. The Labute approximate surface area is 160 Å². The van der Waals surface area contributed by atoms with Gasteiger partial charge in [0.2, 0.25) is 11.8 Å². The molecular weight excluding hydrogens is 346 g/mol. The highest BCUT2D eigenvalue weighted by atomic mass is 32.1. The van der Waals surface area contributed by atoms with Crippen LogP contribution in [0.1, 0.15) is 69.5 Å². The maximum Gasteiger partial charge on any atom is 0.223 e. The van der Waals surface area contributed by atoms with Crippen molar-refractivity contribution < 1.29 is 9.59 Å². The van der Waals surface area contributed by atoms with E-state index in [1.54, 1.807) is 11.3 Å². The van der Waals surface area contributed by atoms with Gasteiger partial charge in [0.05, 0.1) is 10.7 Å². The number of nitrogens with one attached hydrogen (secondary N) is 1. The van der Waals surface area contributed by atoms with E-state index in [1.165, 1.54) is 0 Å². The largest absolute Gasteiger partial charge is 0.355 e. The molecule has 2 aliphatic rings. The minimum absolute atomic E-state index is 0.0310. The van der Waals surface area contributed by atoms with Gasteiger partial charge in [-0.2, -0.15) is 0 Å². The van der Waals surface area contributed by atoms with Gasteiger partial charge in [-0.3, -0.25) is 9.59 Å². The number of rotatable bonds is 6. The van der Waals surface area contributed by atoms with Gasteiger partial charge in [0.15, 0.2) is 0 Å². The van der Waals surface area contributed by atoms with Crippen LogP contribution in [-0.2, 0) is 16.0 Å². The zero-order chi connectivity index (χ0) is 18.7. The molecule has 1 aliphatic carbocycles. The zero-order valence-corrected chi connectivity index (χ0v) is 17.0. The Bertz CT molecular complexity index is 646. The molecule has 26 heavy (non-hydrogen) atoms. The molecule has 0 radical (unpaired) electrons. The van der Waals surface area contributed by atoms with E-state index < -0.39 is 0 Å². The van der Waals surface area contributed by atoms with Crippen molar-refractivity contribution in [2.75, 3.05) is 19.6 Å². The summed E-state index contributed by atoms with van der Waals surface area (Å²) in [5, 5.41) is 6.24. The normalized spacial score (nSPS) is 20.9. The summed E-state index contributed by atoms with van der Waals surface area (Å²) < 4.78 is 0. The third-order valence-electron chi connectivity index (χ3n) is 5.00. The van der Waals surface area contributed by atoms with E-state index in [0.717, 1.165) is 55.9 Å². The summed E-state index contributed by atoms with van der Waals surface area (Å²) in [6.45, 7) is 8.67. The maximum absolute atomic E-state index is 12.5. The lowest BCUT2D eigenvalue weighted by molar-refractivity contribution is -0.134. The average molecular weight is 378 g/mol. The zero-order valence-electron chi connectivity index (χ0n) is 16.2. The number of thiazole rings is 1. The Kier molecular flexibility index (Phi) is 6.00. The fraction of sp³-hybridized carbons (Fsp3) is 0.750. The summed E-state index contributed by atoms with van der Waals surface area (Å²) in [6, 6.07) is 0. The molecule has 1 aromatic heterocycles. The van der Waals surface area contributed by atoms with Gasteiger partial charge >= 0.3 is 0 Å². The van der Waals surface area contributed by atoms with Gasteiger partial charge in [0, 0.05) is 49.7 Å². The molecule has 2 amide bonds. The van der Waals surface area contributed by atoms with Crippen LogP contribution in [-0.4, -0.2) is 41.3 Å². The molecule has 0 unspecified atom stereocenters. The Balaban J connectivity index is 1.49. The number of likely N-dealkylation sites (tertiary alicyclic amines) is 1. The lowest BCUT2D eigenvalue weighted by Crippen LogP contribution is -2.40. The minimum Gasteiger partial charge on any atom is -0.355 e. The van der Waals surface area contributed by atoms with Crippen molar-refractivity contribution in [2.24, 2.45) is 11.3 Å². The van der Waals surface area contributed by atoms with Crippen LogP contribution in [0.2, 0.25) is 0 Å². The van der Waals surface area contributed by atoms with E-state index in [4.69, 9.17) is 4.98 Å². The molecule has 2 heterocycles. The molecule has 6 heteroatoms. The van der Waals surface area contributed by atoms with Gasteiger partial charge in [-0.05, 0) is 31.1 Å². The van der Waals surface area contributed by atoms with Crippen LogP contribution in [0, 0.1) is 11.3 Å². The summed E-state index contributed by atoms with van der Waals surface area (Å²) in [6.07, 6.45) is 5.62. The molecule has 1 aliphatic heterocycles. The fourth-order valence-electron chi connectivity index (χ4n) is 3.40. The third kappa shape index (κ3) is 5.53. The Morgan fingerprint density at radius 1 is 1.31 bits per heavy atom. The smallest absolute Gasteiger partial charge is 0.223 e. The lowest BCUT2D eigenvalue weighted by atomic mass is 9.90. The second-order valence-electron chi connectivity index (χ2n) is 8.91. The quantitative estimate of drug-likeness (QED) is 0.827. The molecule has 3 rings (SSSR count). The van der Waals surface area contributed by atoms with Crippen molar-refractivity contribution in [3.63, 3.8) is 0 Å². The summed E-state index contributed by atoms with van der Waals surface area (Å²) in [7, 11) is 0. The Hall–Kier alpha value is -1.43. The van der Waals surface area contributed by atoms with E-state index in [0.29, 0.717) is 18.9 Å². The van der Waals surface area contributed by atoms with E-state index in [9.17, 15) is 9.59 Å². The van der Waals surface area contributed by atoms with E-state index >= 15 is 0 Å². The van der Waals surface area contributed by atoms with Crippen molar-refractivity contribution >= 4 is 23.2 Å². The minimum atomic E-state index is 0.0310. The molecule has 1 saturated heterocycles. The molecule has 1 atom stereocenters. The molecule has 0 aromatic carbocycles. The second-order valence-corrected chi connectivity index (χ2v) is 9.80. The predicted molar refractivity (Wildman–Crippen MR) is 104 cm³/mol. The number of piperidine rings is 1. The maximum atomic E-state index is 12.5. The molecule has 1 saturated carbocycles. The van der Waals surface area contributed by atoms with Crippen molar-refractivity contribution in [1.29, 1.82) is 0 Å². The summed E-state index contributed by atoms with van der Waals surface area (Å²) in [5.41, 5.74) is 1.09. The number of amides is 2. The van der Waals surface area contributed by atoms with Crippen LogP contribution in [0.25, 0.3) is 0 Å². The standard InChI is InChI=1S/C20H31N3O2S/c1-20(2,3)11-17(24)23-10-4-5-15(12-23)19-22-16(13-26-19)8-9-21-18(25)14-6-7-14/h13-15H,4-12H2,1-3H3,(H,21,25)/t15-/m1/s1. The fourth-order valence-corrected chi connectivity index (χ4v) is 4.38. The molecule has 0 spiro atoms. The highest BCUT2D eigenvalue weighted by Gasteiger charge is 2.30. The molecule has 1 aromatic rings. The predicted octanol–water partition coefficient (Wildman–Crippen LogP) is 3.35. The highest BCUT2D eigenvalue weighted by molar-refractivity contribution is 7.09. The van der Waals surface area contributed by atoms with Crippen LogP contribution in [0.15, 0.2) is 5.38 Å². The summed E-state index contributed by atoms with van der Waals surface area (Å²) in [4.78, 5) is 31.0. The SMILES string of the molecule is CC(C)(C)CC(=O)N1CCC[C@@H](c2nc(CCNC(=O)C3CC3)cs2)C1. The van der Waals surface area contributed by atoms with Crippen LogP contribution in [0.3, 0.4) is 0 Å². The number of carbonyl (C=O) groups excluding carboxylic acids is 2. The third-order valence-corrected chi connectivity index (χ3v) is 6.06. The van der Waals surface area contributed by atoms with E-state index in [2.05, 4.69) is 31.5 Å². The van der Waals surface area contributed by atoms with Gasteiger partial charge in [-0.1, -0.05) is 20.8 Å². The lowest BCUT2D eigenvalue weighted by Gasteiger charge is -2.33. The van der Waals surface area contributed by atoms with Gasteiger partial charge in [0.25, 0.3) is 0 Å². The number of nitrogens with zero attached hydrogens (tertiary/aromatic N) is 2. The first-order valence-corrected chi connectivity index (χ1v) is 10.7. The number of aromatic nitrogens is 1. The molecule has 1 N–H and O–H groups in total. The molecule has 2 fully saturated rings. The van der Waals surface area contributed by atoms with E-state index in [1.807, 2.05) is 4.90 Å². The topological polar surface area (TPSA) is 62.3 Å². The van der Waals surface area contributed by atoms with Crippen molar-refractivity contribution in [2.45, 2.75) is 65.2 Å². The molecular formula is C20H31N3O2S. The Morgan fingerprint density at radius 2 is 2.08 bits per heavy atom. The van der Waals surface area contributed by atoms with E-state index in [-0.39, 0.29) is 23.1 Å². The van der Waals surface area contributed by atoms with Crippen molar-refractivity contribution in [3.8, 4) is 0 Å². The van der Waals surface area contributed by atoms with Crippen LogP contribution < -0.4 is 5.32 Å². The van der Waals surface area contributed by atoms with Crippen LogP contribution in [0.5, 0.6) is 0 Å². The van der Waals surface area contributed by atoms with Crippen LogP contribution >= 0.6 is 11.3 Å². The number of carbonyl (C=O) groups is 2.